The molecule has 1 saturated heterocycles. The highest BCUT2D eigenvalue weighted by atomic mass is 79.9. The van der Waals surface area contributed by atoms with E-state index in [4.69, 9.17) is 4.98 Å². The van der Waals surface area contributed by atoms with Crippen LogP contribution < -0.4 is 10.2 Å². The second-order valence-corrected chi connectivity index (χ2v) is 8.76. The number of nitrogens with zero attached hydrogens (tertiary/aromatic N) is 3. The smallest absolute Gasteiger partial charge is 0.321 e. The first-order valence-electron chi connectivity index (χ1n) is 10.5. The van der Waals surface area contributed by atoms with Gasteiger partial charge in [-0.3, -0.25) is 4.90 Å². The number of fused-ring (bicyclic) bond motifs is 1. The second kappa shape index (κ2) is 8.19. The van der Waals surface area contributed by atoms with Crippen molar-refractivity contribution in [2.24, 2.45) is 0 Å². The van der Waals surface area contributed by atoms with E-state index in [9.17, 15) is 4.79 Å². The fourth-order valence-corrected chi connectivity index (χ4v) is 4.60. The topological polar surface area (TPSA) is 50.2 Å². The number of hydrogen-bond donors (Lipinski definition) is 1. The molecule has 156 valence electrons. The maximum atomic E-state index is 11.9. The molecule has 5 nitrogen and oxygen atoms in total. The minimum atomic E-state index is -0.0307. The Balaban J connectivity index is 1.51. The Morgan fingerprint density at radius 3 is 2.55 bits per heavy atom. The monoisotopic (exact) mass is 474 g/mol. The fourth-order valence-electron chi connectivity index (χ4n) is 4.25. The van der Waals surface area contributed by atoms with E-state index in [0.717, 1.165) is 33.4 Å². The first kappa shape index (κ1) is 19.8. The summed E-state index contributed by atoms with van der Waals surface area (Å²) in [5.41, 5.74) is 5.45. The van der Waals surface area contributed by atoms with E-state index in [2.05, 4.69) is 81.3 Å². The molecular formula is C25H23BrN4O. The van der Waals surface area contributed by atoms with Crippen molar-refractivity contribution in [1.29, 1.82) is 0 Å². The molecule has 4 aromatic rings. The lowest BCUT2D eigenvalue weighted by atomic mass is 10.1. The van der Waals surface area contributed by atoms with Gasteiger partial charge in [0.15, 0.2) is 0 Å². The van der Waals surface area contributed by atoms with Crippen LogP contribution in [0.2, 0.25) is 0 Å². The predicted molar refractivity (Wildman–Crippen MR) is 128 cm³/mol. The Morgan fingerprint density at radius 1 is 1.06 bits per heavy atom. The Labute approximate surface area is 189 Å². The van der Waals surface area contributed by atoms with Gasteiger partial charge in [-0.15, -0.1) is 0 Å². The van der Waals surface area contributed by atoms with Crippen LogP contribution in [0.4, 0.5) is 10.5 Å². The summed E-state index contributed by atoms with van der Waals surface area (Å²) in [7, 11) is 0. The Hall–Kier alpha value is -3.12. The quantitative estimate of drug-likeness (QED) is 0.413. The molecule has 2 heterocycles. The number of rotatable bonds is 5. The zero-order valence-electron chi connectivity index (χ0n) is 17.3. The van der Waals surface area contributed by atoms with Gasteiger partial charge in [0.25, 0.3) is 0 Å². The number of aromatic nitrogens is 2. The van der Waals surface area contributed by atoms with Gasteiger partial charge in [-0.1, -0.05) is 58.4 Å². The summed E-state index contributed by atoms with van der Waals surface area (Å²) < 4.78 is 3.37. The third-order valence-electron chi connectivity index (χ3n) is 5.86. The summed E-state index contributed by atoms with van der Waals surface area (Å²) in [5, 5.41) is 2.85. The zero-order valence-corrected chi connectivity index (χ0v) is 18.8. The van der Waals surface area contributed by atoms with Crippen molar-refractivity contribution in [3.8, 4) is 0 Å². The summed E-state index contributed by atoms with van der Waals surface area (Å²) in [6, 6.07) is 25.1. The number of anilines is 1. The van der Waals surface area contributed by atoms with E-state index in [-0.39, 0.29) is 12.1 Å². The first-order valence-corrected chi connectivity index (χ1v) is 11.2. The van der Waals surface area contributed by atoms with Crippen molar-refractivity contribution in [2.75, 3.05) is 18.0 Å². The molecule has 0 spiro atoms. The molecule has 0 saturated carbocycles. The minimum absolute atomic E-state index is 0.0307. The van der Waals surface area contributed by atoms with E-state index in [0.29, 0.717) is 13.1 Å². The molecule has 1 fully saturated rings. The van der Waals surface area contributed by atoms with Crippen molar-refractivity contribution in [2.45, 2.75) is 19.4 Å². The third-order valence-corrected chi connectivity index (χ3v) is 6.35. The van der Waals surface area contributed by atoms with Crippen LogP contribution in [-0.2, 0) is 6.42 Å². The molecule has 1 aromatic heterocycles. The lowest BCUT2D eigenvalue weighted by Crippen LogP contribution is -2.27. The van der Waals surface area contributed by atoms with Crippen LogP contribution in [0, 0.1) is 0 Å². The second-order valence-electron chi connectivity index (χ2n) is 7.84. The number of halogens is 1. The lowest BCUT2D eigenvalue weighted by Gasteiger charge is -2.19. The number of urea groups is 1. The summed E-state index contributed by atoms with van der Waals surface area (Å²) in [4.78, 5) is 18.7. The third kappa shape index (κ3) is 3.83. The fraction of sp³-hybridized carbons (Fsp3) is 0.200. The molecular weight excluding hydrogens is 452 g/mol. The highest BCUT2D eigenvalue weighted by molar-refractivity contribution is 9.10. The van der Waals surface area contributed by atoms with Crippen molar-refractivity contribution >= 4 is 38.7 Å². The van der Waals surface area contributed by atoms with E-state index >= 15 is 0 Å². The van der Waals surface area contributed by atoms with Crippen LogP contribution in [0.5, 0.6) is 0 Å². The zero-order chi connectivity index (χ0) is 21.4. The average molecular weight is 475 g/mol. The number of hydrogen-bond acceptors (Lipinski definition) is 2. The van der Waals surface area contributed by atoms with Gasteiger partial charge in [-0.25, -0.2) is 9.78 Å². The van der Waals surface area contributed by atoms with Gasteiger partial charge >= 0.3 is 6.03 Å². The lowest BCUT2D eigenvalue weighted by molar-refractivity contribution is 0.252. The van der Waals surface area contributed by atoms with Crippen molar-refractivity contribution in [1.82, 2.24) is 14.9 Å². The Kier molecular flexibility index (Phi) is 5.24. The highest BCUT2D eigenvalue weighted by Crippen LogP contribution is 2.29. The van der Waals surface area contributed by atoms with Crippen LogP contribution in [0.1, 0.15) is 29.9 Å². The van der Waals surface area contributed by atoms with E-state index < -0.39 is 0 Å². The minimum Gasteiger partial charge on any atom is -0.336 e. The Morgan fingerprint density at radius 2 is 1.84 bits per heavy atom. The summed E-state index contributed by atoms with van der Waals surface area (Å²) in [5.74, 6) is 1.02. The molecule has 6 heteroatoms. The van der Waals surface area contributed by atoms with Gasteiger partial charge in [0.05, 0.1) is 17.1 Å². The van der Waals surface area contributed by atoms with Gasteiger partial charge in [0, 0.05) is 29.7 Å². The van der Waals surface area contributed by atoms with Crippen LogP contribution in [0.15, 0.2) is 77.3 Å². The maximum absolute atomic E-state index is 11.9. The molecule has 3 aromatic carbocycles. The number of carbonyl (C=O) groups is 1. The van der Waals surface area contributed by atoms with Crippen LogP contribution >= 0.6 is 15.9 Å². The van der Waals surface area contributed by atoms with Gasteiger partial charge in [0.2, 0.25) is 0 Å². The molecule has 0 radical (unpaired) electrons. The molecule has 0 aliphatic carbocycles. The number of amides is 2. The van der Waals surface area contributed by atoms with Crippen molar-refractivity contribution in [3.63, 3.8) is 0 Å². The number of benzene rings is 3. The average Bonchev–Trinajstić information content (AvgIpc) is 3.37. The van der Waals surface area contributed by atoms with Gasteiger partial charge in [-0.2, -0.15) is 0 Å². The summed E-state index contributed by atoms with van der Waals surface area (Å²) >= 11 is 3.61. The summed E-state index contributed by atoms with van der Waals surface area (Å²) in [6.45, 7) is 3.62. The highest BCUT2D eigenvalue weighted by Gasteiger charge is 2.21. The molecule has 31 heavy (non-hydrogen) atoms. The van der Waals surface area contributed by atoms with E-state index in [1.54, 1.807) is 4.90 Å². The predicted octanol–water partition coefficient (Wildman–Crippen LogP) is 5.53. The van der Waals surface area contributed by atoms with E-state index in [1.807, 2.05) is 24.3 Å². The molecule has 1 atom stereocenters. The van der Waals surface area contributed by atoms with E-state index in [1.165, 1.54) is 11.1 Å². The number of carbonyl (C=O) groups excluding carboxylic acids is 1. The largest absolute Gasteiger partial charge is 0.336 e. The van der Waals surface area contributed by atoms with Gasteiger partial charge < -0.3 is 9.88 Å². The van der Waals surface area contributed by atoms with Crippen LogP contribution in [-0.4, -0.2) is 28.7 Å². The first-order chi connectivity index (χ1) is 15.1. The molecule has 1 unspecified atom stereocenters. The number of nitrogens with one attached hydrogen (secondary N) is 1. The van der Waals surface area contributed by atoms with Crippen molar-refractivity contribution < 1.29 is 4.79 Å². The molecule has 1 N–H and O–H groups in total. The van der Waals surface area contributed by atoms with Gasteiger partial charge in [-0.05, 0) is 48.4 Å². The number of imidazole rings is 1. The molecule has 0 bridgehead atoms. The van der Waals surface area contributed by atoms with Gasteiger partial charge in [0.1, 0.15) is 5.82 Å². The van der Waals surface area contributed by atoms with Crippen LogP contribution in [0.25, 0.3) is 11.0 Å². The molecule has 1 aliphatic rings. The molecule has 1 aliphatic heterocycles. The standard InChI is InChI=1S/C25H23BrN4O/c1-17(19-5-3-2-4-6-19)30-23-16-20(26)9-12-22(23)28-24(30)15-18-7-10-21(11-8-18)29-14-13-27-25(29)31/h2-12,16-17H,13-15H2,1H3,(H,27,31). The maximum Gasteiger partial charge on any atom is 0.321 e. The normalized spacial score (nSPS) is 14.8. The Bertz CT molecular complexity index is 1230. The van der Waals surface area contributed by atoms with Crippen LogP contribution in [0.3, 0.4) is 0 Å². The SMILES string of the molecule is CC(c1ccccc1)n1c(Cc2ccc(N3CCNC3=O)cc2)nc2ccc(Br)cc21. The molecule has 5 rings (SSSR count). The summed E-state index contributed by atoms with van der Waals surface area (Å²) in [6.07, 6.45) is 0.718. The van der Waals surface area contributed by atoms with Crippen molar-refractivity contribution in [3.05, 3.63) is 94.2 Å². The molecule has 2 amide bonds.